The Morgan fingerprint density at radius 2 is 1.74 bits per heavy atom. The number of benzene rings is 1. The summed E-state index contributed by atoms with van der Waals surface area (Å²) in [6.07, 6.45) is 3.32. The van der Waals surface area contributed by atoms with Crippen molar-refractivity contribution >= 4 is 23.9 Å². The highest BCUT2D eigenvalue weighted by Crippen LogP contribution is 2.17. The molecule has 1 fully saturated rings. The van der Waals surface area contributed by atoms with Gasteiger partial charge in [0.25, 0.3) is 11.8 Å². The lowest BCUT2D eigenvalue weighted by Gasteiger charge is -2.32. The normalized spacial score (nSPS) is 14.0. The van der Waals surface area contributed by atoms with Gasteiger partial charge in [-0.2, -0.15) is 0 Å². The summed E-state index contributed by atoms with van der Waals surface area (Å²) in [5.74, 6) is -2.64. The lowest BCUT2D eigenvalue weighted by Crippen LogP contribution is -2.48. The molecule has 1 aromatic heterocycles. The molecule has 2 aromatic rings. The van der Waals surface area contributed by atoms with Crippen LogP contribution >= 0.6 is 0 Å². The van der Waals surface area contributed by atoms with Crippen molar-refractivity contribution in [1.29, 1.82) is 0 Å². The quantitative estimate of drug-likeness (QED) is 0.823. The van der Waals surface area contributed by atoms with Crippen LogP contribution < -0.4 is 5.32 Å². The van der Waals surface area contributed by atoms with Crippen molar-refractivity contribution in [2.24, 2.45) is 0 Å². The van der Waals surface area contributed by atoms with E-state index in [0.29, 0.717) is 32.2 Å². The molecular formula is C18H16F2N4O3. The molecule has 1 N–H and O–H groups in total. The molecule has 0 spiro atoms. The third-order valence-electron chi connectivity index (χ3n) is 4.18. The van der Waals surface area contributed by atoms with Crippen molar-refractivity contribution in [2.75, 3.05) is 31.5 Å². The fourth-order valence-corrected chi connectivity index (χ4v) is 2.68. The van der Waals surface area contributed by atoms with Gasteiger partial charge in [0.05, 0.1) is 16.8 Å². The molecule has 1 saturated heterocycles. The number of hydrogen-bond acceptors (Lipinski definition) is 4. The van der Waals surface area contributed by atoms with Crippen molar-refractivity contribution in [3.05, 3.63) is 59.4 Å². The second-order valence-corrected chi connectivity index (χ2v) is 5.97. The maximum atomic E-state index is 13.7. The second kappa shape index (κ2) is 7.90. The van der Waals surface area contributed by atoms with Crippen LogP contribution in [0.5, 0.6) is 0 Å². The molecule has 9 heteroatoms. The zero-order valence-corrected chi connectivity index (χ0v) is 14.2. The Kier molecular flexibility index (Phi) is 5.39. The Balaban J connectivity index is 1.72. The van der Waals surface area contributed by atoms with Crippen LogP contribution in [0.3, 0.4) is 0 Å². The fourth-order valence-electron chi connectivity index (χ4n) is 2.68. The summed E-state index contributed by atoms with van der Waals surface area (Å²) in [6, 6.07) is 4.15. The van der Waals surface area contributed by atoms with E-state index in [1.54, 1.807) is 9.80 Å². The number of nitrogens with one attached hydrogen (secondary N) is 1. The van der Waals surface area contributed by atoms with Crippen molar-refractivity contribution in [3.63, 3.8) is 0 Å². The molecule has 3 amide bonds. The number of carbonyl (C=O) groups excluding carboxylic acids is 3. The van der Waals surface area contributed by atoms with Gasteiger partial charge < -0.3 is 15.1 Å². The highest BCUT2D eigenvalue weighted by molar-refractivity contribution is 6.05. The van der Waals surface area contributed by atoms with E-state index in [9.17, 15) is 23.2 Å². The van der Waals surface area contributed by atoms with Crippen molar-refractivity contribution in [3.8, 4) is 0 Å². The minimum absolute atomic E-state index is 0.0658. The topological polar surface area (TPSA) is 82.6 Å². The van der Waals surface area contributed by atoms with Gasteiger partial charge in [0, 0.05) is 44.6 Å². The summed E-state index contributed by atoms with van der Waals surface area (Å²) in [5.41, 5.74) is 0.0981. The molecule has 2 heterocycles. The fraction of sp³-hybridized carbons (Fsp3) is 0.222. The van der Waals surface area contributed by atoms with E-state index in [-0.39, 0.29) is 22.7 Å². The summed E-state index contributed by atoms with van der Waals surface area (Å²) in [6.45, 7) is 1.64. The van der Waals surface area contributed by atoms with Crippen LogP contribution in [0.25, 0.3) is 0 Å². The van der Waals surface area contributed by atoms with Crippen LogP contribution in [0.4, 0.5) is 14.5 Å². The first-order chi connectivity index (χ1) is 13.0. The molecule has 0 atom stereocenters. The highest BCUT2D eigenvalue weighted by atomic mass is 19.1. The Morgan fingerprint density at radius 3 is 2.41 bits per heavy atom. The number of amides is 3. The Labute approximate surface area is 153 Å². The average Bonchev–Trinajstić information content (AvgIpc) is 2.69. The van der Waals surface area contributed by atoms with Crippen molar-refractivity contribution in [1.82, 2.24) is 14.8 Å². The van der Waals surface area contributed by atoms with Gasteiger partial charge in [0.1, 0.15) is 11.6 Å². The number of halogens is 2. The summed E-state index contributed by atoms with van der Waals surface area (Å²) in [7, 11) is 0. The number of aromatic nitrogens is 1. The van der Waals surface area contributed by atoms with Gasteiger partial charge in [0.2, 0.25) is 6.41 Å². The minimum Gasteiger partial charge on any atom is -0.342 e. The molecule has 1 aromatic carbocycles. The van der Waals surface area contributed by atoms with Crippen LogP contribution in [0.2, 0.25) is 0 Å². The van der Waals surface area contributed by atoms with E-state index >= 15 is 0 Å². The SMILES string of the molecule is O=CN1CCN(C(=O)c2cncc(C(=O)Nc3ccc(F)cc3F)c2)CC1. The first-order valence-corrected chi connectivity index (χ1v) is 8.18. The lowest BCUT2D eigenvalue weighted by atomic mass is 10.1. The largest absolute Gasteiger partial charge is 0.342 e. The van der Waals surface area contributed by atoms with Crippen molar-refractivity contribution < 1.29 is 23.2 Å². The first kappa shape index (κ1) is 18.4. The molecule has 0 bridgehead atoms. The molecule has 0 radical (unpaired) electrons. The number of pyridine rings is 1. The van der Waals surface area contributed by atoms with Gasteiger partial charge in [-0.15, -0.1) is 0 Å². The predicted octanol–water partition coefficient (Wildman–Crippen LogP) is 1.53. The maximum absolute atomic E-state index is 13.7. The third kappa shape index (κ3) is 4.25. The van der Waals surface area contributed by atoms with Gasteiger partial charge >= 0.3 is 0 Å². The van der Waals surface area contributed by atoms with Gasteiger partial charge in [-0.05, 0) is 18.2 Å². The van der Waals surface area contributed by atoms with Crippen LogP contribution in [0, 0.1) is 11.6 Å². The van der Waals surface area contributed by atoms with E-state index in [4.69, 9.17) is 0 Å². The Hall–Kier alpha value is -3.36. The van der Waals surface area contributed by atoms with Gasteiger partial charge in [-0.3, -0.25) is 19.4 Å². The predicted molar refractivity (Wildman–Crippen MR) is 92.1 cm³/mol. The van der Waals surface area contributed by atoms with E-state index in [0.717, 1.165) is 18.5 Å². The van der Waals surface area contributed by atoms with Crippen molar-refractivity contribution in [2.45, 2.75) is 0 Å². The molecule has 27 heavy (non-hydrogen) atoms. The molecule has 1 aliphatic rings. The number of piperazine rings is 1. The van der Waals surface area contributed by atoms with E-state index < -0.39 is 17.5 Å². The Morgan fingerprint density at radius 1 is 1.04 bits per heavy atom. The molecular weight excluding hydrogens is 358 g/mol. The number of hydrogen-bond donors (Lipinski definition) is 1. The van der Waals surface area contributed by atoms with E-state index in [2.05, 4.69) is 10.3 Å². The highest BCUT2D eigenvalue weighted by Gasteiger charge is 2.22. The summed E-state index contributed by atoms with van der Waals surface area (Å²) < 4.78 is 26.6. The molecule has 7 nitrogen and oxygen atoms in total. The molecule has 140 valence electrons. The zero-order valence-electron chi connectivity index (χ0n) is 14.2. The monoisotopic (exact) mass is 374 g/mol. The van der Waals surface area contributed by atoms with Gasteiger partial charge in [-0.25, -0.2) is 8.78 Å². The van der Waals surface area contributed by atoms with Crippen LogP contribution in [0.1, 0.15) is 20.7 Å². The maximum Gasteiger partial charge on any atom is 0.257 e. The molecule has 0 saturated carbocycles. The minimum atomic E-state index is -0.906. The molecule has 0 unspecified atom stereocenters. The standard InChI is InChI=1S/C18H16F2N4O3/c19-14-1-2-16(15(20)8-14)22-17(26)12-7-13(10-21-9-12)18(27)24-5-3-23(11-25)4-6-24/h1-2,7-11H,3-6H2,(H,22,26). The molecule has 0 aliphatic carbocycles. The average molecular weight is 374 g/mol. The third-order valence-corrected chi connectivity index (χ3v) is 4.18. The summed E-state index contributed by atoms with van der Waals surface area (Å²) >= 11 is 0. The number of carbonyl (C=O) groups is 3. The number of nitrogens with zero attached hydrogens (tertiary/aromatic N) is 3. The zero-order chi connectivity index (χ0) is 19.4. The number of rotatable bonds is 4. The van der Waals surface area contributed by atoms with Crippen LogP contribution in [-0.4, -0.2) is 59.2 Å². The van der Waals surface area contributed by atoms with E-state index in [1.807, 2.05) is 0 Å². The lowest BCUT2D eigenvalue weighted by molar-refractivity contribution is -0.119. The van der Waals surface area contributed by atoms with Crippen LogP contribution in [0.15, 0.2) is 36.7 Å². The van der Waals surface area contributed by atoms with Crippen LogP contribution in [-0.2, 0) is 4.79 Å². The smallest absolute Gasteiger partial charge is 0.257 e. The molecule has 1 aliphatic heterocycles. The van der Waals surface area contributed by atoms with Gasteiger partial charge in [-0.1, -0.05) is 0 Å². The first-order valence-electron chi connectivity index (χ1n) is 8.18. The Bertz CT molecular complexity index is 883. The number of anilines is 1. The molecule has 3 rings (SSSR count). The summed E-state index contributed by atoms with van der Waals surface area (Å²) in [4.78, 5) is 42.6. The van der Waals surface area contributed by atoms with Gasteiger partial charge in [0.15, 0.2) is 0 Å². The second-order valence-electron chi connectivity index (χ2n) is 5.97. The summed E-state index contributed by atoms with van der Waals surface area (Å²) in [5, 5.41) is 2.32. The van der Waals surface area contributed by atoms with E-state index in [1.165, 1.54) is 18.5 Å².